The van der Waals surface area contributed by atoms with Crippen molar-refractivity contribution in [3.8, 4) is 22.6 Å². The Labute approximate surface area is 134 Å². The summed E-state index contributed by atoms with van der Waals surface area (Å²) in [5.41, 5.74) is 1.72. The molecule has 2 rings (SSSR count). The Morgan fingerprint density at radius 3 is 2.64 bits per heavy atom. The van der Waals surface area contributed by atoms with Crippen molar-refractivity contribution in [3.63, 3.8) is 0 Å². The minimum atomic E-state index is -0.682. The van der Waals surface area contributed by atoms with Crippen LogP contribution in [0.1, 0.15) is 13.8 Å². The third-order valence-corrected chi connectivity index (χ3v) is 3.35. The normalized spacial score (nSPS) is 11.8. The van der Waals surface area contributed by atoms with Crippen LogP contribution >= 0.6 is 11.6 Å². The summed E-state index contributed by atoms with van der Waals surface area (Å²) >= 11 is 5.92. The number of benzene rings is 2. The second kappa shape index (κ2) is 7.18. The van der Waals surface area contributed by atoms with Gasteiger partial charge in [-0.1, -0.05) is 29.8 Å². The highest BCUT2D eigenvalue weighted by Gasteiger charge is 2.15. The summed E-state index contributed by atoms with van der Waals surface area (Å²) in [7, 11) is 0. The zero-order valence-electron chi connectivity index (χ0n) is 12.4. The van der Waals surface area contributed by atoms with Crippen molar-refractivity contribution in [2.75, 3.05) is 6.61 Å². The van der Waals surface area contributed by atoms with Crippen LogP contribution in [0.25, 0.3) is 11.1 Å². The van der Waals surface area contributed by atoms with Crippen LogP contribution < -0.4 is 4.74 Å². The summed E-state index contributed by atoms with van der Waals surface area (Å²) in [4.78, 5) is 11.6. The molecule has 0 fully saturated rings. The monoisotopic (exact) mass is 320 g/mol. The molecule has 0 spiro atoms. The number of ether oxygens (including phenoxy) is 2. The summed E-state index contributed by atoms with van der Waals surface area (Å²) in [5, 5.41) is 9.75. The molecule has 2 aromatic carbocycles. The van der Waals surface area contributed by atoms with E-state index in [1.54, 1.807) is 38.1 Å². The highest BCUT2D eigenvalue weighted by Crippen LogP contribution is 2.31. The number of esters is 1. The molecule has 2 aromatic rings. The lowest BCUT2D eigenvalue weighted by molar-refractivity contribution is -0.150. The van der Waals surface area contributed by atoms with Gasteiger partial charge in [0.25, 0.3) is 0 Å². The van der Waals surface area contributed by atoms with Crippen LogP contribution in [0, 0.1) is 0 Å². The Morgan fingerprint density at radius 1 is 1.23 bits per heavy atom. The van der Waals surface area contributed by atoms with Crippen molar-refractivity contribution < 1.29 is 19.4 Å². The van der Waals surface area contributed by atoms with Gasteiger partial charge in [0.05, 0.1) is 11.6 Å². The molecule has 1 unspecified atom stereocenters. The number of hydrogen-bond acceptors (Lipinski definition) is 4. The van der Waals surface area contributed by atoms with Gasteiger partial charge >= 0.3 is 5.97 Å². The van der Waals surface area contributed by atoms with Gasteiger partial charge in [-0.15, -0.1) is 0 Å². The molecular weight excluding hydrogens is 304 g/mol. The fourth-order valence-corrected chi connectivity index (χ4v) is 2.13. The molecule has 5 heteroatoms. The highest BCUT2D eigenvalue weighted by atomic mass is 35.5. The number of phenolic OH excluding ortho intramolecular Hbond substituents is 1. The summed E-state index contributed by atoms with van der Waals surface area (Å²) in [5.74, 6) is 0.191. The topological polar surface area (TPSA) is 55.8 Å². The van der Waals surface area contributed by atoms with Crippen molar-refractivity contribution in [1.29, 1.82) is 0 Å². The second-order valence-electron chi connectivity index (χ2n) is 4.71. The minimum Gasteiger partial charge on any atom is -0.506 e. The number of rotatable bonds is 5. The van der Waals surface area contributed by atoms with Gasteiger partial charge in [-0.2, -0.15) is 0 Å². The van der Waals surface area contributed by atoms with E-state index in [2.05, 4.69) is 0 Å². The van der Waals surface area contributed by atoms with Crippen LogP contribution in [-0.2, 0) is 9.53 Å². The molecule has 0 saturated heterocycles. The van der Waals surface area contributed by atoms with Crippen LogP contribution in [0.5, 0.6) is 11.5 Å². The van der Waals surface area contributed by atoms with Crippen molar-refractivity contribution in [1.82, 2.24) is 0 Å². The molecule has 0 saturated carbocycles. The van der Waals surface area contributed by atoms with E-state index in [0.29, 0.717) is 12.4 Å². The first-order valence-corrected chi connectivity index (χ1v) is 7.31. The third kappa shape index (κ3) is 3.92. The SMILES string of the molecule is CCOC(=O)C(C)Oc1cccc(-c2ccc(O)c(Cl)c2)c1. The van der Waals surface area contributed by atoms with Crippen molar-refractivity contribution in [2.45, 2.75) is 20.0 Å². The average Bonchev–Trinajstić information content (AvgIpc) is 2.50. The third-order valence-electron chi connectivity index (χ3n) is 3.05. The maximum Gasteiger partial charge on any atom is 0.347 e. The fraction of sp³-hybridized carbons (Fsp3) is 0.235. The van der Waals surface area contributed by atoms with Crippen molar-refractivity contribution in [2.24, 2.45) is 0 Å². The van der Waals surface area contributed by atoms with Gasteiger partial charge in [0.15, 0.2) is 6.10 Å². The Balaban J connectivity index is 2.19. The molecule has 0 aliphatic heterocycles. The number of phenols is 1. The van der Waals surface area contributed by atoms with E-state index in [0.717, 1.165) is 11.1 Å². The standard InChI is InChI=1S/C17H17ClO4/c1-3-21-17(20)11(2)22-14-6-4-5-12(9-14)13-7-8-16(19)15(18)10-13/h4-11,19H,3H2,1-2H3. The molecule has 0 heterocycles. The lowest BCUT2D eigenvalue weighted by Gasteiger charge is -2.14. The van der Waals surface area contributed by atoms with Gasteiger partial charge in [0, 0.05) is 0 Å². The fourth-order valence-electron chi connectivity index (χ4n) is 1.95. The van der Waals surface area contributed by atoms with Crippen LogP contribution in [0.15, 0.2) is 42.5 Å². The van der Waals surface area contributed by atoms with Crippen LogP contribution in [-0.4, -0.2) is 23.8 Å². The van der Waals surface area contributed by atoms with E-state index in [-0.39, 0.29) is 10.8 Å². The van der Waals surface area contributed by atoms with Crippen LogP contribution in [0.3, 0.4) is 0 Å². The van der Waals surface area contributed by atoms with Gasteiger partial charge in [-0.05, 0) is 49.2 Å². The second-order valence-corrected chi connectivity index (χ2v) is 5.11. The van der Waals surface area contributed by atoms with Gasteiger partial charge in [-0.3, -0.25) is 0 Å². The van der Waals surface area contributed by atoms with E-state index < -0.39 is 12.1 Å². The molecular formula is C17H17ClO4. The van der Waals surface area contributed by atoms with Crippen molar-refractivity contribution in [3.05, 3.63) is 47.5 Å². The molecule has 0 amide bonds. The van der Waals surface area contributed by atoms with Crippen LogP contribution in [0.4, 0.5) is 0 Å². The summed E-state index contributed by atoms with van der Waals surface area (Å²) in [6, 6.07) is 12.2. The molecule has 1 atom stereocenters. The van der Waals surface area contributed by atoms with Gasteiger partial charge in [0.2, 0.25) is 0 Å². The lowest BCUT2D eigenvalue weighted by atomic mass is 10.1. The smallest absolute Gasteiger partial charge is 0.347 e. The van der Waals surface area contributed by atoms with Crippen molar-refractivity contribution >= 4 is 17.6 Å². The zero-order valence-corrected chi connectivity index (χ0v) is 13.1. The Kier molecular flexibility index (Phi) is 5.28. The molecule has 4 nitrogen and oxygen atoms in total. The number of halogens is 1. The first-order chi connectivity index (χ1) is 10.5. The Hall–Kier alpha value is -2.20. The molecule has 0 bridgehead atoms. The van der Waals surface area contributed by atoms with E-state index in [1.165, 1.54) is 6.07 Å². The largest absolute Gasteiger partial charge is 0.506 e. The lowest BCUT2D eigenvalue weighted by Crippen LogP contribution is -2.26. The predicted molar refractivity (Wildman–Crippen MR) is 85.3 cm³/mol. The molecule has 22 heavy (non-hydrogen) atoms. The Bertz CT molecular complexity index is 669. The maximum absolute atomic E-state index is 11.6. The highest BCUT2D eigenvalue weighted by molar-refractivity contribution is 6.32. The van der Waals surface area contributed by atoms with E-state index >= 15 is 0 Å². The summed E-state index contributed by atoms with van der Waals surface area (Å²) in [6.45, 7) is 3.71. The number of aromatic hydroxyl groups is 1. The molecule has 0 radical (unpaired) electrons. The summed E-state index contributed by atoms with van der Waals surface area (Å²) < 4.78 is 10.5. The van der Waals surface area contributed by atoms with Gasteiger partial charge < -0.3 is 14.6 Å². The Morgan fingerprint density at radius 2 is 1.95 bits per heavy atom. The number of carbonyl (C=O) groups excluding carboxylic acids is 1. The summed E-state index contributed by atoms with van der Waals surface area (Å²) in [6.07, 6.45) is -0.682. The van der Waals surface area contributed by atoms with Gasteiger partial charge in [-0.25, -0.2) is 4.79 Å². The molecule has 0 aliphatic rings. The molecule has 0 aliphatic carbocycles. The predicted octanol–water partition coefficient (Wildman–Crippen LogP) is 4.04. The van der Waals surface area contributed by atoms with E-state index in [9.17, 15) is 9.90 Å². The molecule has 1 N–H and O–H groups in total. The van der Waals surface area contributed by atoms with Gasteiger partial charge in [0.1, 0.15) is 11.5 Å². The number of hydrogen-bond donors (Lipinski definition) is 1. The van der Waals surface area contributed by atoms with Crippen LogP contribution in [0.2, 0.25) is 5.02 Å². The number of carbonyl (C=O) groups is 1. The first kappa shape index (κ1) is 16.2. The zero-order chi connectivity index (χ0) is 16.1. The first-order valence-electron chi connectivity index (χ1n) is 6.93. The van der Waals surface area contributed by atoms with E-state index in [4.69, 9.17) is 21.1 Å². The molecule has 116 valence electrons. The molecule has 0 aromatic heterocycles. The minimum absolute atomic E-state index is 0.0359. The average molecular weight is 321 g/mol. The maximum atomic E-state index is 11.6. The van der Waals surface area contributed by atoms with E-state index in [1.807, 2.05) is 12.1 Å². The quantitative estimate of drug-likeness (QED) is 0.845.